The summed E-state index contributed by atoms with van der Waals surface area (Å²) in [5.74, 6) is 0.195. The molecule has 0 fully saturated rings. The van der Waals surface area contributed by atoms with Crippen LogP contribution >= 0.6 is 0 Å². The first kappa shape index (κ1) is 14.5. The fraction of sp³-hybridized carbons (Fsp3) is 0.125. The Hall–Kier alpha value is -2.47. The summed E-state index contributed by atoms with van der Waals surface area (Å²) in [4.78, 5) is 2.18. The maximum absolute atomic E-state index is 12.6. The minimum Gasteiger partial charge on any atom is -0.448 e. The highest BCUT2D eigenvalue weighted by atomic mass is 32.2. The highest BCUT2D eigenvalue weighted by molar-refractivity contribution is 7.93. The van der Waals surface area contributed by atoms with Crippen molar-refractivity contribution in [3.8, 4) is 0 Å². The molecule has 1 aromatic heterocycles. The normalized spacial score (nSPS) is 11.5. The first-order chi connectivity index (χ1) is 10.5. The van der Waals surface area contributed by atoms with Crippen LogP contribution in [0.25, 0.3) is 10.8 Å². The predicted molar refractivity (Wildman–Crippen MR) is 87.8 cm³/mol. The number of nitrogens with zero attached hydrogens (tertiary/aromatic N) is 1. The second-order valence-corrected chi connectivity index (χ2v) is 6.76. The highest BCUT2D eigenvalue weighted by Crippen LogP contribution is 2.31. The fourth-order valence-electron chi connectivity index (χ4n) is 2.41. The number of fused-ring (bicyclic) bond motifs is 1. The first-order valence-electron chi connectivity index (χ1n) is 6.74. The summed E-state index contributed by atoms with van der Waals surface area (Å²) in [6.45, 7) is 0. The molecule has 1 heterocycles. The summed E-state index contributed by atoms with van der Waals surface area (Å²) in [5, 5.41) is 1.56. The molecule has 6 heteroatoms. The maximum atomic E-state index is 12.6. The van der Waals surface area contributed by atoms with E-state index in [1.807, 2.05) is 37.2 Å². The summed E-state index contributed by atoms with van der Waals surface area (Å²) < 4.78 is 32.7. The number of hydrogen-bond acceptors (Lipinski definition) is 4. The van der Waals surface area contributed by atoms with Gasteiger partial charge in [0.25, 0.3) is 10.0 Å². The Bertz CT molecular complexity index is 900. The van der Waals surface area contributed by atoms with E-state index in [1.54, 1.807) is 30.3 Å². The van der Waals surface area contributed by atoms with Crippen molar-refractivity contribution >= 4 is 32.4 Å². The van der Waals surface area contributed by atoms with Crippen LogP contribution in [-0.4, -0.2) is 22.5 Å². The van der Waals surface area contributed by atoms with Crippen LogP contribution in [-0.2, 0) is 10.0 Å². The zero-order valence-corrected chi connectivity index (χ0v) is 13.1. The third-order valence-corrected chi connectivity index (χ3v) is 4.79. The molecule has 0 amide bonds. The zero-order valence-electron chi connectivity index (χ0n) is 12.3. The summed E-state index contributed by atoms with van der Waals surface area (Å²) in [7, 11) is 0.141. The van der Waals surface area contributed by atoms with Crippen molar-refractivity contribution in [3.05, 3.63) is 54.8 Å². The van der Waals surface area contributed by atoms with Crippen molar-refractivity contribution in [2.45, 2.75) is 4.90 Å². The largest absolute Gasteiger partial charge is 0.448 e. The van der Waals surface area contributed by atoms with Gasteiger partial charge in [-0.05, 0) is 18.2 Å². The number of benzene rings is 2. The van der Waals surface area contributed by atoms with Gasteiger partial charge in [-0.3, -0.25) is 0 Å². The van der Waals surface area contributed by atoms with Gasteiger partial charge in [-0.25, -0.2) is 13.1 Å². The molecule has 3 aromatic rings. The third kappa shape index (κ3) is 2.53. The quantitative estimate of drug-likeness (QED) is 0.802. The Morgan fingerprint density at radius 1 is 0.955 bits per heavy atom. The van der Waals surface area contributed by atoms with Gasteiger partial charge in [-0.15, -0.1) is 0 Å². The Labute approximate surface area is 129 Å². The van der Waals surface area contributed by atoms with E-state index in [1.165, 1.54) is 6.26 Å². The molecule has 5 nitrogen and oxygen atoms in total. The topological polar surface area (TPSA) is 62.6 Å². The van der Waals surface area contributed by atoms with Crippen LogP contribution in [0.4, 0.5) is 11.6 Å². The average molecular weight is 316 g/mol. The molecule has 0 saturated heterocycles. The van der Waals surface area contributed by atoms with Crippen LogP contribution in [0.5, 0.6) is 0 Å². The standard InChI is InChI=1S/C16H16N2O3S/c1-18(2)14-8-3-7-13-12(14)6-4-9-15(13)22(19,20)17-16-10-5-11-21-16/h3-11,17H,1-2H3. The number of sulfonamides is 1. The molecule has 3 rings (SSSR count). The van der Waals surface area contributed by atoms with E-state index in [0.717, 1.165) is 11.1 Å². The van der Waals surface area contributed by atoms with Gasteiger partial charge in [0.1, 0.15) is 0 Å². The molecule has 2 aromatic carbocycles. The van der Waals surface area contributed by atoms with Crippen molar-refractivity contribution < 1.29 is 12.8 Å². The van der Waals surface area contributed by atoms with E-state index in [2.05, 4.69) is 4.72 Å². The Morgan fingerprint density at radius 2 is 1.68 bits per heavy atom. The van der Waals surface area contributed by atoms with Gasteiger partial charge in [-0.1, -0.05) is 24.3 Å². The van der Waals surface area contributed by atoms with Crippen molar-refractivity contribution in [1.82, 2.24) is 0 Å². The van der Waals surface area contributed by atoms with Crippen LogP contribution in [0.1, 0.15) is 0 Å². The van der Waals surface area contributed by atoms with Crippen LogP contribution in [0.15, 0.2) is 64.1 Å². The second-order valence-electron chi connectivity index (χ2n) is 5.11. The molecule has 114 valence electrons. The molecule has 0 unspecified atom stereocenters. The lowest BCUT2D eigenvalue weighted by atomic mass is 10.1. The summed E-state index contributed by atoms with van der Waals surface area (Å²) in [6.07, 6.45) is 1.42. The highest BCUT2D eigenvalue weighted by Gasteiger charge is 2.19. The number of furan rings is 1. The van der Waals surface area contributed by atoms with Gasteiger partial charge in [0, 0.05) is 36.6 Å². The van der Waals surface area contributed by atoms with E-state index in [0.29, 0.717) is 5.39 Å². The lowest BCUT2D eigenvalue weighted by Crippen LogP contribution is -2.13. The number of hydrogen-bond donors (Lipinski definition) is 1. The van der Waals surface area contributed by atoms with E-state index >= 15 is 0 Å². The van der Waals surface area contributed by atoms with Gasteiger partial charge in [0.2, 0.25) is 5.88 Å². The Morgan fingerprint density at radius 3 is 2.36 bits per heavy atom. The van der Waals surface area contributed by atoms with Crippen molar-refractivity contribution in [3.63, 3.8) is 0 Å². The van der Waals surface area contributed by atoms with E-state index in [9.17, 15) is 8.42 Å². The summed E-state index contributed by atoms with van der Waals surface area (Å²) >= 11 is 0. The molecule has 0 atom stereocenters. The van der Waals surface area contributed by atoms with Gasteiger partial charge in [0.05, 0.1) is 11.2 Å². The van der Waals surface area contributed by atoms with Gasteiger partial charge < -0.3 is 9.32 Å². The summed E-state index contributed by atoms with van der Waals surface area (Å²) in [5.41, 5.74) is 0.965. The van der Waals surface area contributed by atoms with Crippen LogP contribution in [0.3, 0.4) is 0 Å². The molecule has 0 saturated carbocycles. The van der Waals surface area contributed by atoms with E-state index < -0.39 is 10.0 Å². The number of rotatable bonds is 4. The van der Waals surface area contributed by atoms with Gasteiger partial charge in [-0.2, -0.15) is 0 Å². The lowest BCUT2D eigenvalue weighted by molar-refractivity contribution is 0.576. The van der Waals surface area contributed by atoms with Gasteiger partial charge in [0.15, 0.2) is 0 Å². The molecule has 0 aliphatic heterocycles. The second kappa shape index (κ2) is 5.38. The Balaban J connectivity index is 2.17. The maximum Gasteiger partial charge on any atom is 0.264 e. The van der Waals surface area contributed by atoms with Crippen molar-refractivity contribution in [2.24, 2.45) is 0 Å². The van der Waals surface area contributed by atoms with E-state index in [-0.39, 0.29) is 10.8 Å². The van der Waals surface area contributed by atoms with Crippen LogP contribution in [0.2, 0.25) is 0 Å². The Kier molecular flexibility index (Phi) is 3.54. The minimum atomic E-state index is -3.71. The fourth-order valence-corrected chi connectivity index (χ4v) is 3.63. The predicted octanol–water partition coefficient (Wildman–Crippen LogP) is 3.30. The van der Waals surface area contributed by atoms with Crippen LogP contribution in [0, 0.1) is 0 Å². The molecule has 0 aliphatic carbocycles. The van der Waals surface area contributed by atoms with Gasteiger partial charge >= 0.3 is 0 Å². The average Bonchev–Trinajstić information content (AvgIpc) is 2.98. The zero-order chi connectivity index (χ0) is 15.7. The van der Waals surface area contributed by atoms with Crippen molar-refractivity contribution in [2.75, 3.05) is 23.7 Å². The monoisotopic (exact) mass is 316 g/mol. The molecular formula is C16H16N2O3S. The van der Waals surface area contributed by atoms with Crippen LogP contribution < -0.4 is 9.62 Å². The number of nitrogens with one attached hydrogen (secondary N) is 1. The third-order valence-electron chi connectivity index (χ3n) is 3.39. The smallest absolute Gasteiger partial charge is 0.264 e. The molecule has 0 radical (unpaired) electrons. The SMILES string of the molecule is CN(C)c1cccc2c(S(=O)(=O)Nc3ccco3)cccc12. The molecule has 1 N–H and O–H groups in total. The first-order valence-corrected chi connectivity index (χ1v) is 8.23. The molecule has 0 bridgehead atoms. The minimum absolute atomic E-state index is 0.195. The molecule has 22 heavy (non-hydrogen) atoms. The molecule has 0 aliphatic rings. The van der Waals surface area contributed by atoms with Crippen molar-refractivity contribution in [1.29, 1.82) is 0 Å². The molecular weight excluding hydrogens is 300 g/mol. The lowest BCUT2D eigenvalue weighted by Gasteiger charge is -2.17. The molecule has 0 spiro atoms. The summed E-state index contributed by atoms with van der Waals surface area (Å²) in [6, 6.07) is 14.1. The number of anilines is 2. The van der Waals surface area contributed by atoms with E-state index in [4.69, 9.17) is 4.42 Å².